The first kappa shape index (κ1) is 29.6. The second-order valence-electron chi connectivity index (χ2n) is 13.1. The molecule has 0 saturated carbocycles. The Morgan fingerprint density at radius 2 is 1.47 bits per heavy atom. The van der Waals surface area contributed by atoms with Crippen LogP contribution < -0.4 is 10.9 Å². The molecule has 0 bridgehead atoms. The molecule has 9 rings (SSSR count). The molecule has 0 fully saturated rings. The first-order chi connectivity index (χ1) is 24.2. The maximum absolute atomic E-state index is 5.04. The average Bonchev–Trinajstić information content (AvgIpc) is 3.71. The number of para-hydroxylation sites is 1. The first-order valence-electron chi connectivity index (χ1n) is 16.9. The lowest BCUT2D eigenvalue weighted by molar-refractivity contribution is 0.526. The van der Waals surface area contributed by atoms with Gasteiger partial charge in [0.05, 0.1) is 22.6 Å². The van der Waals surface area contributed by atoms with E-state index in [1.54, 1.807) is 0 Å². The second kappa shape index (κ2) is 12.2. The smallest absolute Gasteiger partial charge is 0.143 e. The molecule has 0 radical (unpaired) electrons. The molecule has 2 heterocycles. The molecule has 2 atom stereocenters. The number of nitrogens with zero attached hydrogens (tertiary/aromatic N) is 2. The predicted octanol–water partition coefficient (Wildman–Crippen LogP) is 10.2. The monoisotopic (exact) mass is 652 g/mol. The number of fused-ring (bicyclic) bond motifs is 10. The minimum Gasteiger partial charge on any atom is -0.308 e. The maximum atomic E-state index is 5.04. The largest absolute Gasteiger partial charge is 0.308 e. The Morgan fingerprint density at radius 1 is 0.755 bits per heavy atom. The normalized spacial score (nSPS) is 18.0. The highest BCUT2D eigenvalue weighted by Crippen LogP contribution is 2.60. The molecule has 238 valence electrons. The third kappa shape index (κ3) is 5.05. The Morgan fingerprint density at radius 3 is 2.29 bits per heavy atom. The summed E-state index contributed by atoms with van der Waals surface area (Å²) in [6.45, 7) is 3.69. The van der Waals surface area contributed by atoms with Crippen LogP contribution in [0.4, 0.5) is 0 Å². The molecule has 0 spiro atoms. The van der Waals surface area contributed by atoms with Crippen LogP contribution in [0.25, 0.3) is 37.2 Å². The van der Waals surface area contributed by atoms with Crippen LogP contribution in [0.2, 0.25) is 0 Å². The van der Waals surface area contributed by atoms with Gasteiger partial charge in [0.15, 0.2) is 0 Å². The average molecular weight is 653 g/mol. The molecule has 2 unspecified atom stereocenters. The Labute approximate surface area is 290 Å². The van der Waals surface area contributed by atoms with Crippen LogP contribution in [-0.2, 0) is 18.5 Å². The Bertz CT molecular complexity index is 2400. The summed E-state index contributed by atoms with van der Waals surface area (Å²) in [6, 6.07) is 47.5. The van der Waals surface area contributed by atoms with Crippen LogP contribution >= 0.6 is 11.3 Å². The first-order valence-corrected chi connectivity index (χ1v) is 17.7. The van der Waals surface area contributed by atoms with E-state index in [4.69, 9.17) is 4.99 Å². The zero-order valence-corrected chi connectivity index (χ0v) is 28.1. The number of hydrogen-bond donors (Lipinski definition) is 2. The van der Waals surface area contributed by atoms with Crippen LogP contribution in [0.1, 0.15) is 40.7 Å². The number of hydrogen-bond acceptors (Lipinski definition) is 3. The summed E-state index contributed by atoms with van der Waals surface area (Å²) < 4.78 is 3.85. The highest BCUT2D eigenvalue weighted by Gasteiger charge is 2.46. The Hall–Kier alpha value is -5.49. The lowest BCUT2D eigenvalue weighted by atomic mass is 9.62. The molecule has 5 heteroatoms. The van der Waals surface area contributed by atoms with Crippen molar-refractivity contribution in [1.29, 1.82) is 0 Å². The van der Waals surface area contributed by atoms with Gasteiger partial charge >= 0.3 is 0 Å². The summed E-state index contributed by atoms with van der Waals surface area (Å²) >= 11 is 1.93. The lowest BCUT2D eigenvalue weighted by Crippen LogP contribution is -2.37. The van der Waals surface area contributed by atoms with Crippen molar-refractivity contribution < 1.29 is 0 Å². The summed E-state index contributed by atoms with van der Waals surface area (Å²) in [5.41, 5.74) is 16.6. The lowest BCUT2D eigenvalue weighted by Gasteiger charge is -2.40. The second-order valence-corrected chi connectivity index (χ2v) is 14.1. The molecule has 2 aliphatic rings. The summed E-state index contributed by atoms with van der Waals surface area (Å²) in [5, 5.41) is 2.69. The molecule has 4 nitrogen and oxygen atoms in total. The van der Waals surface area contributed by atoms with Crippen molar-refractivity contribution in [3.63, 3.8) is 0 Å². The quantitative estimate of drug-likeness (QED) is 0.102. The van der Waals surface area contributed by atoms with E-state index in [1.807, 2.05) is 35.6 Å². The van der Waals surface area contributed by atoms with Crippen LogP contribution in [0.3, 0.4) is 0 Å². The molecule has 7 aromatic rings. The number of hydrazine groups is 1. The standard InChI is InChI=1S/C44H36N4S/c1-44-27-13-12-20-36(44)39-35-19-9-11-22-38(35)49-42(39)41-40(44)34-18-8-10-21-37(34)48(41)33-25-23-31(24-26-33)28-45-43(32-16-6-3-7-17-32)47-46-29-30-14-4-2-5-15-30/h2-27,36,46H,28-29H2,1H3,(H,45,47). The molecule has 2 aromatic heterocycles. The van der Waals surface area contributed by atoms with Gasteiger partial charge in [0.2, 0.25) is 0 Å². The van der Waals surface area contributed by atoms with Gasteiger partial charge in [0, 0.05) is 39.2 Å². The molecule has 2 N–H and O–H groups in total. The fourth-order valence-corrected chi connectivity index (χ4v) is 9.02. The number of aliphatic imine (C=N–C) groups is 1. The molecule has 2 aliphatic carbocycles. The van der Waals surface area contributed by atoms with Crippen LogP contribution in [-0.4, -0.2) is 10.4 Å². The van der Waals surface area contributed by atoms with Gasteiger partial charge in [-0.1, -0.05) is 140 Å². The molecule has 5 aromatic carbocycles. The number of allylic oxidation sites excluding steroid dienone is 4. The van der Waals surface area contributed by atoms with E-state index in [9.17, 15) is 0 Å². The summed E-state index contributed by atoms with van der Waals surface area (Å²) in [7, 11) is 0. The molecule has 0 saturated heterocycles. The number of aromatic nitrogens is 1. The highest BCUT2D eigenvalue weighted by molar-refractivity contribution is 7.22. The van der Waals surface area contributed by atoms with Crippen molar-refractivity contribution in [2.24, 2.45) is 4.99 Å². The van der Waals surface area contributed by atoms with Crippen molar-refractivity contribution in [3.05, 3.63) is 186 Å². The summed E-state index contributed by atoms with van der Waals surface area (Å²) in [4.78, 5) is 6.42. The van der Waals surface area contributed by atoms with E-state index >= 15 is 0 Å². The van der Waals surface area contributed by atoms with Gasteiger partial charge in [-0.05, 0) is 51.9 Å². The predicted molar refractivity (Wildman–Crippen MR) is 206 cm³/mol. The van der Waals surface area contributed by atoms with Crippen molar-refractivity contribution >= 4 is 38.2 Å². The maximum Gasteiger partial charge on any atom is 0.143 e. The number of nitrogens with one attached hydrogen (secondary N) is 2. The highest BCUT2D eigenvalue weighted by atomic mass is 32.1. The van der Waals surface area contributed by atoms with E-state index in [2.05, 4.69) is 156 Å². The summed E-state index contributed by atoms with van der Waals surface area (Å²) in [6.07, 6.45) is 9.30. The topological polar surface area (TPSA) is 41.4 Å². The van der Waals surface area contributed by atoms with E-state index < -0.39 is 0 Å². The Balaban J connectivity index is 1.10. The van der Waals surface area contributed by atoms with E-state index in [0.717, 1.165) is 22.6 Å². The van der Waals surface area contributed by atoms with Crippen molar-refractivity contribution in [3.8, 4) is 16.3 Å². The number of thiophene rings is 1. The van der Waals surface area contributed by atoms with Gasteiger partial charge in [-0.25, -0.2) is 5.43 Å². The molecular formula is C44H36N4S. The van der Waals surface area contributed by atoms with Gasteiger partial charge in [0.25, 0.3) is 0 Å². The fraction of sp³-hybridized carbons (Fsp3) is 0.114. The minimum atomic E-state index is -0.157. The minimum absolute atomic E-state index is 0.157. The van der Waals surface area contributed by atoms with E-state index in [-0.39, 0.29) is 11.3 Å². The third-order valence-corrected chi connectivity index (χ3v) is 11.3. The van der Waals surface area contributed by atoms with E-state index in [1.165, 1.54) is 48.3 Å². The van der Waals surface area contributed by atoms with Gasteiger partial charge < -0.3 is 9.99 Å². The van der Waals surface area contributed by atoms with Gasteiger partial charge in [0.1, 0.15) is 5.84 Å². The Kier molecular flexibility index (Phi) is 7.37. The fourth-order valence-electron chi connectivity index (χ4n) is 7.73. The van der Waals surface area contributed by atoms with Gasteiger partial charge in [-0.15, -0.1) is 11.3 Å². The van der Waals surface area contributed by atoms with Crippen molar-refractivity contribution in [2.75, 3.05) is 0 Å². The van der Waals surface area contributed by atoms with Crippen LogP contribution in [0, 0.1) is 0 Å². The SMILES string of the molecule is CC12C=CC=CC1c1c(sc3ccccc13)-c1c2c2ccccc2n1-c1ccc(CN=C(NNCc2ccccc2)c2ccccc2)cc1. The number of benzene rings is 5. The number of amidine groups is 1. The van der Waals surface area contributed by atoms with E-state index in [0.29, 0.717) is 13.1 Å². The summed E-state index contributed by atoms with van der Waals surface area (Å²) in [5.74, 6) is 1.10. The number of rotatable bonds is 7. The van der Waals surface area contributed by atoms with Crippen molar-refractivity contribution in [2.45, 2.75) is 31.3 Å². The molecule has 0 amide bonds. The van der Waals surface area contributed by atoms with Gasteiger partial charge in [-0.2, -0.15) is 0 Å². The van der Waals surface area contributed by atoms with Gasteiger partial charge in [-0.3, -0.25) is 4.99 Å². The molecule has 0 aliphatic heterocycles. The molecule has 49 heavy (non-hydrogen) atoms. The van der Waals surface area contributed by atoms with Crippen LogP contribution in [0.5, 0.6) is 0 Å². The molecular weight excluding hydrogens is 617 g/mol. The third-order valence-electron chi connectivity index (χ3n) is 10.1. The zero-order chi connectivity index (χ0) is 32.8. The van der Waals surface area contributed by atoms with Crippen molar-refractivity contribution in [1.82, 2.24) is 15.4 Å². The zero-order valence-electron chi connectivity index (χ0n) is 27.3. The van der Waals surface area contributed by atoms with Crippen LogP contribution in [0.15, 0.2) is 163 Å².